The summed E-state index contributed by atoms with van der Waals surface area (Å²) < 4.78 is 40.3. The van der Waals surface area contributed by atoms with Crippen molar-refractivity contribution in [2.75, 3.05) is 26.2 Å². The van der Waals surface area contributed by atoms with E-state index in [2.05, 4.69) is 16.3 Å². The van der Waals surface area contributed by atoms with Crippen LogP contribution in [0.15, 0.2) is 31.0 Å². The van der Waals surface area contributed by atoms with Crippen molar-refractivity contribution in [1.29, 1.82) is 0 Å². The molecule has 0 saturated carbocycles. The summed E-state index contributed by atoms with van der Waals surface area (Å²) in [5.74, 6) is -1.20. The number of carbonyl (C=O) groups is 2. The molecule has 1 aromatic rings. The molecule has 1 spiro atoms. The lowest BCUT2D eigenvalue weighted by Gasteiger charge is -2.59. The molecule has 2 saturated heterocycles. The minimum atomic E-state index is -4.86. The molecule has 0 unspecified atom stereocenters. The zero-order chi connectivity index (χ0) is 17.5. The Bertz CT molecular complexity index is 691. The number of halogens is 3. The van der Waals surface area contributed by atoms with Gasteiger partial charge in [-0.2, -0.15) is 0 Å². The molecule has 2 fully saturated rings. The zero-order valence-electron chi connectivity index (χ0n) is 12.5. The lowest BCUT2D eigenvalue weighted by atomic mass is 9.72. The summed E-state index contributed by atoms with van der Waals surface area (Å²) in [5.41, 5.74) is -0.0235. The monoisotopic (exact) mass is 341 g/mol. The maximum Gasteiger partial charge on any atom is 0.574 e. The van der Waals surface area contributed by atoms with E-state index in [0.29, 0.717) is 26.2 Å². The molecule has 0 atom stereocenters. The summed E-state index contributed by atoms with van der Waals surface area (Å²) in [6.07, 6.45) is -2.52. The highest BCUT2D eigenvalue weighted by molar-refractivity contribution is 5.95. The van der Waals surface area contributed by atoms with E-state index in [0.717, 1.165) is 12.3 Å². The third-order valence-corrected chi connectivity index (χ3v) is 4.08. The summed E-state index contributed by atoms with van der Waals surface area (Å²) in [7, 11) is 0. The van der Waals surface area contributed by atoms with Gasteiger partial charge in [0.25, 0.3) is 5.91 Å². The first-order valence-corrected chi connectivity index (χ1v) is 7.14. The molecule has 2 amide bonds. The average Bonchev–Trinajstić information content (AvgIpc) is 2.42. The summed E-state index contributed by atoms with van der Waals surface area (Å²) in [6, 6.07) is 2.31. The molecule has 6 nitrogen and oxygen atoms in total. The van der Waals surface area contributed by atoms with Gasteiger partial charge in [0, 0.05) is 49.4 Å². The SMILES string of the molecule is C=CC(=O)N1CC2(C1)CN(C(=O)c1ccnc(OC(F)(F)F)c1)C2. The first-order chi connectivity index (χ1) is 11.2. The van der Waals surface area contributed by atoms with Crippen LogP contribution in [0.1, 0.15) is 10.4 Å². The van der Waals surface area contributed by atoms with Gasteiger partial charge in [0.2, 0.25) is 11.8 Å². The molecule has 24 heavy (non-hydrogen) atoms. The third-order valence-electron chi connectivity index (χ3n) is 4.08. The zero-order valence-corrected chi connectivity index (χ0v) is 12.5. The molecule has 2 aliphatic heterocycles. The molecule has 128 valence electrons. The van der Waals surface area contributed by atoms with Gasteiger partial charge >= 0.3 is 6.36 Å². The maximum atomic E-state index is 12.3. The Balaban J connectivity index is 1.59. The fourth-order valence-corrected chi connectivity index (χ4v) is 3.05. The van der Waals surface area contributed by atoms with Crippen molar-refractivity contribution < 1.29 is 27.5 Å². The van der Waals surface area contributed by atoms with Gasteiger partial charge in [-0.05, 0) is 12.1 Å². The van der Waals surface area contributed by atoms with E-state index in [9.17, 15) is 22.8 Å². The second kappa shape index (κ2) is 5.50. The largest absolute Gasteiger partial charge is 0.574 e. The number of rotatable bonds is 3. The average molecular weight is 341 g/mol. The van der Waals surface area contributed by atoms with E-state index >= 15 is 0 Å². The van der Waals surface area contributed by atoms with E-state index < -0.39 is 12.2 Å². The van der Waals surface area contributed by atoms with E-state index in [1.54, 1.807) is 4.90 Å². The number of amides is 2. The highest BCUT2D eigenvalue weighted by atomic mass is 19.4. The highest BCUT2D eigenvalue weighted by Crippen LogP contribution is 2.40. The van der Waals surface area contributed by atoms with E-state index in [-0.39, 0.29) is 22.8 Å². The predicted molar refractivity (Wildman–Crippen MR) is 76.0 cm³/mol. The predicted octanol–water partition coefficient (Wildman–Crippen LogP) is 1.45. The summed E-state index contributed by atoms with van der Waals surface area (Å²) >= 11 is 0. The van der Waals surface area contributed by atoms with Crippen molar-refractivity contribution in [1.82, 2.24) is 14.8 Å². The van der Waals surface area contributed by atoms with Gasteiger partial charge in [0.1, 0.15) is 0 Å². The van der Waals surface area contributed by atoms with Gasteiger partial charge in [-0.3, -0.25) is 9.59 Å². The number of nitrogens with zero attached hydrogens (tertiary/aromatic N) is 3. The van der Waals surface area contributed by atoms with Gasteiger partial charge in [0.15, 0.2) is 0 Å². The van der Waals surface area contributed by atoms with Crippen LogP contribution in [0.4, 0.5) is 13.2 Å². The quantitative estimate of drug-likeness (QED) is 0.781. The molecule has 0 N–H and O–H groups in total. The van der Waals surface area contributed by atoms with Crippen molar-refractivity contribution in [3.63, 3.8) is 0 Å². The van der Waals surface area contributed by atoms with Crippen molar-refractivity contribution in [2.45, 2.75) is 6.36 Å². The molecule has 0 aromatic carbocycles. The van der Waals surface area contributed by atoms with Crippen LogP contribution in [0.3, 0.4) is 0 Å². The maximum absolute atomic E-state index is 12.3. The van der Waals surface area contributed by atoms with Gasteiger partial charge in [-0.1, -0.05) is 6.58 Å². The van der Waals surface area contributed by atoms with Gasteiger partial charge in [-0.15, -0.1) is 13.2 Å². The van der Waals surface area contributed by atoms with Crippen molar-refractivity contribution in [2.24, 2.45) is 5.41 Å². The Morgan fingerprint density at radius 2 is 1.88 bits per heavy atom. The first kappa shape index (κ1) is 16.3. The lowest BCUT2D eigenvalue weighted by molar-refractivity contribution is -0.276. The van der Waals surface area contributed by atoms with Gasteiger partial charge < -0.3 is 14.5 Å². The van der Waals surface area contributed by atoms with Crippen LogP contribution in [0.5, 0.6) is 5.88 Å². The van der Waals surface area contributed by atoms with Crippen molar-refractivity contribution in [3.8, 4) is 5.88 Å². The number of hydrogen-bond acceptors (Lipinski definition) is 4. The summed E-state index contributed by atoms with van der Waals surface area (Å²) in [4.78, 5) is 30.3. The van der Waals surface area contributed by atoms with Crippen molar-refractivity contribution in [3.05, 3.63) is 36.5 Å². The number of hydrogen-bond donors (Lipinski definition) is 0. The number of alkyl halides is 3. The van der Waals surface area contributed by atoms with Crippen LogP contribution >= 0.6 is 0 Å². The molecule has 0 radical (unpaired) electrons. The highest BCUT2D eigenvalue weighted by Gasteiger charge is 2.54. The van der Waals surface area contributed by atoms with Gasteiger partial charge in [0.05, 0.1) is 0 Å². The topological polar surface area (TPSA) is 62.7 Å². The normalized spacial score (nSPS) is 18.6. The molecule has 9 heteroatoms. The molecule has 3 heterocycles. The van der Waals surface area contributed by atoms with Crippen LogP contribution < -0.4 is 4.74 Å². The summed E-state index contributed by atoms with van der Waals surface area (Å²) in [6.45, 7) is 5.46. The Morgan fingerprint density at radius 3 is 2.46 bits per heavy atom. The fraction of sp³-hybridized carbons (Fsp3) is 0.400. The van der Waals surface area contributed by atoms with Gasteiger partial charge in [-0.25, -0.2) is 4.98 Å². The molecule has 0 bridgehead atoms. The first-order valence-electron chi connectivity index (χ1n) is 7.14. The van der Waals surface area contributed by atoms with Crippen LogP contribution in [-0.4, -0.2) is 59.1 Å². The molecule has 0 aliphatic carbocycles. The van der Waals surface area contributed by atoms with E-state index in [1.165, 1.54) is 17.0 Å². The molecular formula is C15H14F3N3O3. The summed E-state index contributed by atoms with van der Waals surface area (Å²) in [5, 5.41) is 0. The second-order valence-corrected chi connectivity index (χ2v) is 5.99. The number of ether oxygens (including phenoxy) is 1. The minimum Gasteiger partial charge on any atom is -0.388 e. The molecular weight excluding hydrogens is 327 g/mol. The van der Waals surface area contributed by atoms with Crippen LogP contribution in [-0.2, 0) is 4.79 Å². The number of pyridine rings is 1. The number of aromatic nitrogens is 1. The fourth-order valence-electron chi connectivity index (χ4n) is 3.05. The lowest BCUT2D eigenvalue weighted by Crippen LogP contribution is -2.73. The second-order valence-electron chi connectivity index (χ2n) is 5.99. The van der Waals surface area contributed by atoms with Crippen molar-refractivity contribution >= 4 is 11.8 Å². The van der Waals surface area contributed by atoms with E-state index in [4.69, 9.17) is 0 Å². The Morgan fingerprint density at radius 1 is 1.25 bits per heavy atom. The smallest absolute Gasteiger partial charge is 0.388 e. The van der Waals surface area contributed by atoms with Crippen LogP contribution in [0.2, 0.25) is 0 Å². The molecule has 2 aliphatic rings. The number of carbonyl (C=O) groups excluding carboxylic acids is 2. The van der Waals surface area contributed by atoms with Crippen LogP contribution in [0.25, 0.3) is 0 Å². The standard InChI is InChI=1S/C15H14F3N3O3/c1-2-12(22)20-6-14(7-20)8-21(9-14)13(23)10-3-4-19-11(5-10)24-15(16,17)18/h2-5H,1,6-9H2. The third kappa shape index (κ3) is 3.06. The number of likely N-dealkylation sites (tertiary alicyclic amines) is 2. The Hall–Kier alpha value is -2.58. The molecule has 3 rings (SSSR count). The Labute approximate surface area is 135 Å². The Kier molecular flexibility index (Phi) is 3.73. The minimum absolute atomic E-state index is 0.0810. The molecule has 1 aromatic heterocycles. The van der Waals surface area contributed by atoms with Crippen LogP contribution in [0, 0.1) is 5.41 Å². The van der Waals surface area contributed by atoms with E-state index in [1.807, 2.05) is 0 Å².